The summed E-state index contributed by atoms with van der Waals surface area (Å²) in [4.78, 5) is 47.8. The lowest BCUT2D eigenvalue weighted by Crippen LogP contribution is -2.51. The number of hydrogen-bond donors (Lipinski definition) is 0. The molecule has 2 aliphatic rings. The molecule has 4 rings (SSSR count). The third kappa shape index (κ3) is 4.72. The maximum absolute atomic E-state index is 14.3. The van der Waals surface area contributed by atoms with E-state index in [0.29, 0.717) is 23.6 Å². The van der Waals surface area contributed by atoms with Crippen molar-refractivity contribution in [1.29, 1.82) is 0 Å². The minimum atomic E-state index is -1.27. The Kier molecular flexibility index (Phi) is 7.12. The number of nitrogens with zero attached hydrogens (tertiary/aromatic N) is 4. The van der Waals surface area contributed by atoms with Gasteiger partial charge in [-0.1, -0.05) is 45.0 Å². The van der Waals surface area contributed by atoms with Crippen LogP contribution in [0.1, 0.15) is 44.9 Å². The van der Waals surface area contributed by atoms with Gasteiger partial charge in [0.2, 0.25) is 6.04 Å². The fraction of sp³-hybridized carbons (Fsp3) is 0.519. The molecule has 1 amide bonds. The first kappa shape index (κ1) is 26.4. The van der Waals surface area contributed by atoms with E-state index in [9.17, 15) is 19.7 Å². The predicted octanol–water partition coefficient (Wildman–Crippen LogP) is 3.27. The maximum atomic E-state index is 14.3. The molecule has 0 N–H and O–H groups in total. The number of carbonyl (C=O) groups is 2. The number of anilines is 1. The van der Waals surface area contributed by atoms with Gasteiger partial charge in [-0.2, -0.15) is 0 Å². The molecule has 1 aromatic carbocycles. The van der Waals surface area contributed by atoms with Gasteiger partial charge in [0.25, 0.3) is 5.91 Å². The number of nitro groups is 1. The molecule has 10 nitrogen and oxygen atoms in total. The minimum absolute atomic E-state index is 0.0865. The van der Waals surface area contributed by atoms with Crippen LogP contribution in [0.2, 0.25) is 0 Å². The van der Waals surface area contributed by atoms with Crippen molar-refractivity contribution in [3.63, 3.8) is 0 Å². The van der Waals surface area contributed by atoms with Crippen LogP contribution >= 0.6 is 0 Å². The van der Waals surface area contributed by atoms with Gasteiger partial charge >= 0.3 is 5.97 Å². The molecule has 0 saturated carbocycles. The molecule has 198 valence electrons. The van der Waals surface area contributed by atoms with Crippen LogP contribution < -0.4 is 9.64 Å². The van der Waals surface area contributed by atoms with Crippen LogP contribution in [-0.4, -0.2) is 65.6 Å². The molecule has 2 aromatic rings. The molecule has 0 spiro atoms. The first-order valence-electron chi connectivity index (χ1n) is 12.5. The summed E-state index contributed by atoms with van der Waals surface area (Å²) >= 11 is 0. The van der Waals surface area contributed by atoms with Crippen LogP contribution in [-0.2, 0) is 20.7 Å². The zero-order valence-electron chi connectivity index (χ0n) is 22.1. The Bertz CT molecular complexity index is 1170. The number of amides is 1. The van der Waals surface area contributed by atoms with Gasteiger partial charge < -0.3 is 19.3 Å². The standard InChI is InChI=1S/C27H34N4O6/c1-7-36-26(33)23-20(27(2,3)4)22(31(34)35)21(17-12-10-14-28-24(17)29(5)6)30(23)25(32)19-15-16-11-8-9-13-18(16)37-19/h8-14,19-23H,7,15H2,1-6H3/t19-,20+,21+,22+,23+/m1/s1. The molecule has 1 aromatic heterocycles. The van der Waals surface area contributed by atoms with Crippen LogP contribution in [0.15, 0.2) is 42.6 Å². The summed E-state index contributed by atoms with van der Waals surface area (Å²) in [6.07, 6.45) is 0.995. The van der Waals surface area contributed by atoms with E-state index in [-0.39, 0.29) is 11.5 Å². The van der Waals surface area contributed by atoms with Gasteiger partial charge in [-0.15, -0.1) is 0 Å². The van der Waals surface area contributed by atoms with Crippen LogP contribution in [0.25, 0.3) is 0 Å². The van der Waals surface area contributed by atoms with Gasteiger partial charge in [-0.05, 0) is 30.0 Å². The van der Waals surface area contributed by atoms with E-state index in [2.05, 4.69) is 4.98 Å². The second-order valence-electron chi connectivity index (χ2n) is 10.8. The summed E-state index contributed by atoms with van der Waals surface area (Å²) in [7, 11) is 3.57. The number of esters is 1. The van der Waals surface area contributed by atoms with E-state index < -0.39 is 47.4 Å². The first-order valence-corrected chi connectivity index (χ1v) is 12.5. The third-order valence-electron chi connectivity index (χ3n) is 7.14. The highest BCUT2D eigenvalue weighted by Gasteiger charge is 2.65. The molecule has 10 heteroatoms. The first-order chi connectivity index (χ1) is 17.5. The van der Waals surface area contributed by atoms with Crippen LogP contribution in [0, 0.1) is 21.4 Å². The van der Waals surface area contributed by atoms with E-state index in [1.807, 2.05) is 39.0 Å². The third-order valence-corrected chi connectivity index (χ3v) is 7.14. The predicted molar refractivity (Wildman–Crippen MR) is 137 cm³/mol. The second-order valence-corrected chi connectivity index (χ2v) is 10.8. The average molecular weight is 511 g/mol. The molecule has 0 unspecified atom stereocenters. The van der Waals surface area contributed by atoms with Crippen molar-refractivity contribution in [2.75, 3.05) is 25.6 Å². The summed E-state index contributed by atoms with van der Waals surface area (Å²) in [5.74, 6) is -0.875. The number of pyridine rings is 1. The summed E-state index contributed by atoms with van der Waals surface area (Å²) in [5.41, 5.74) is 0.666. The fourth-order valence-electron chi connectivity index (χ4n) is 5.72. The molecule has 1 fully saturated rings. The Morgan fingerprint density at radius 3 is 2.51 bits per heavy atom. The van der Waals surface area contributed by atoms with Gasteiger partial charge in [-0.3, -0.25) is 14.9 Å². The minimum Gasteiger partial charge on any atom is -0.480 e. The fourth-order valence-corrected chi connectivity index (χ4v) is 5.72. The highest BCUT2D eigenvalue weighted by molar-refractivity contribution is 5.90. The molecule has 37 heavy (non-hydrogen) atoms. The monoisotopic (exact) mass is 510 g/mol. The summed E-state index contributed by atoms with van der Waals surface area (Å²) < 4.78 is 11.4. The molecule has 0 radical (unpaired) electrons. The summed E-state index contributed by atoms with van der Waals surface area (Å²) in [6.45, 7) is 7.31. The molecule has 2 aliphatic heterocycles. The topological polar surface area (TPSA) is 115 Å². The molecular formula is C27H34N4O6. The molecular weight excluding hydrogens is 476 g/mol. The smallest absolute Gasteiger partial charge is 0.329 e. The summed E-state index contributed by atoms with van der Waals surface area (Å²) in [5, 5.41) is 12.8. The number of benzene rings is 1. The van der Waals surface area contributed by atoms with Crippen molar-refractivity contribution in [2.24, 2.45) is 11.3 Å². The summed E-state index contributed by atoms with van der Waals surface area (Å²) in [6, 6.07) is 7.29. The number of rotatable bonds is 6. The lowest BCUT2D eigenvalue weighted by atomic mass is 9.73. The number of fused-ring (bicyclic) bond motifs is 1. The highest BCUT2D eigenvalue weighted by Crippen LogP contribution is 2.51. The van der Waals surface area contributed by atoms with Crippen molar-refractivity contribution in [3.8, 4) is 5.75 Å². The van der Waals surface area contributed by atoms with Crippen LogP contribution in [0.3, 0.4) is 0 Å². The van der Waals surface area contributed by atoms with E-state index in [4.69, 9.17) is 9.47 Å². The van der Waals surface area contributed by atoms with Crippen molar-refractivity contribution in [1.82, 2.24) is 9.88 Å². The Balaban J connectivity index is 1.92. The lowest BCUT2D eigenvalue weighted by molar-refractivity contribution is -0.536. The van der Waals surface area contributed by atoms with E-state index in [0.717, 1.165) is 5.56 Å². The normalized spacial score (nSPS) is 24.8. The molecule has 3 heterocycles. The van der Waals surface area contributed by atoms with Gasteiger partial charge in [0.1, 0.15) is 23.7 Å². The quantitative estimate of drug-likeness (QED) is 0.330. The maximum Gasteiger partial charge on any atom is 0.329 e. The largest absolute Gasteiger partial charge is 0.480 e. The van der Waals surface area contributed by atoms with E-state index in [1.165, 1.54) is 4.90 Å². The Hall–Kier alpha value is -3.69. The number of likely N-dealkylation sites (tertiary alicyclic amines) is 1. The lowest BCUT2D eigenvalue weighted by Gasteiger charge is -2.34. The number of hydrogen-bond acceptors (Lipinski definition) is 8. The zero-order valence-corrected chi connectivity index (χ0v) is 22.1. The zero-order chi connectivity index (χ0) is 27.1. The van der Waals surface area contributed by atoms with Gasteiger partial charge in [0, 0.05) is 37.2 Å². The van der Waals surface area contributed by atoms with E-state index in [1.54, 1.807) is 50.3 Å². The van der Waals surface area contributed by atoms with Crippen LogP contribution in [0.4, 0.5) is 5.82 Å². The molecule has 0 bridgehead atoms. The molecule has 0 aliphatic carbocycles. The Labute approximate surface area is 216 Å². The van der Waals surface area contributed by atoms with Gasteiger partial charge in [-0.25, -0.2) is 9.78 Å². The number of aromatic nitrogens is 1. The Morgan fingerprint density at radius 2 is 1.92 bits per heavy atom. The second kappa shape index (κ2) is 9.99. The molecule has 5 atom stereocenters. The Morgan fingerprint density at radius 1 is 1.22 bits per heavy atom. The SMILES string of the molecule is CCOC(=O)[C@@H]1[C@@H](C(C)(C)C)[C@H]([N+](=O)[O-])[C@H](c2cccnc2N(C)C)N1C(=O)[C@H]1Cc2ccccc2O1. The van der Waals surface area contributed by atoms with Crippen molar-refractivity contribution in [2.45, 2.75) is 58.3 Å². The van der Waals surface area contributed by atoms with Gasteiger partial charge in [0.15, 0.2) is 6.10 Å². The van der Waals surface area contributed by atoms with E-state index >= 15 is 0 Å². The van der Waals surface area contributed by atoms with Crippen molar-refractivity contribution in [3.05, 3.63) is 63.8 Å². The number of para-hydroxylation sites is 1. The number of carbonyl (C=O) groups excluding carboxylic acids is 2. The van der Waals surface area contributed by atoms with Crippen molar-refractivity contribution < 1.29 is 24.0 Å². The highest BCUT2D eigenvalue weighted by atomic mass is 16.6. The van der Waals surface area contributed by atoms with Gasteiger partial charge in [0.05, 0.1) is 12.5 Å². The van der Waals surface area contributed by atoms with Crippen molar-refractivity contribution >= 4 is 17.7 Å². The van der Waals surface area contributed by atoms with Crippen LogP contribution in [0.5, 0.6) is 5.75 Å². The average Bonchev–Trinajstić information content (AvgIpc) is 3.43. The number of ether oxygens (including phenoxy) is 2. The molecule has 1 saturated heterocycles.